The number of nitrogens with zero attached hydrogens (tertiary/aromatic N) is 4. The second-order valence-corrected chi connectivity index (χ2v) is 6.57. The van der Waals surface area contributed by atoms with E-state index in [9.17, 15) is 4.79 Å². The molecule has 0 saturated carbocycles. The van der Waals surface area contributed by atoms with E-state index in [1.807, 2.05) is 0 Å². The summed E-state index contributed by atoms with van der Waals surface area (Å²) in [6.07, 6.45) is 4.89. The molecule has 0 aliphatic carbocycles. The van der Waals surface area contributed by atoms with Crippen molar-refractivity contribution < 1.29 is 4.79 Å². The molecule has 1 aromatic heterocycles. The summed E-state index contributed by atoms with van der Waals surface area (Å²) in [6, 6.07) is 6.81. The van der Waals surface area contributed by atoms with E-state index in [1.54, 1.807) is 11.0 Å². The zero-order valence-electron chi connectivity index (χ0n) is 14.0. The lowest BCUT2D eigenvalue weighted by atomic mass is 10.0. The summed E-state index contributed by atoms with van der Waals surface area (Å²) in [5.41, 5.74) is 9.34. The molecule has 3 heterocycles. The molecule has 1 aromatic carbocycles. The smallest absolute Gasteiger partial charge is 0.288 e. The van der Waals surface area contributed by atoms with Gasteiger partial charge in [0.15, 0.2) is 0 Å². The number of nitrogens with one attached hydrogen (secondary N) is 1. The molecule has 0 radical (unpaired) electrons. The number of aromatic nitrogens is 3. The van der Waals surface area contributed by atoms with Crippen molar-refractivity contribution in [3.63, 3.8) is 0 Å². The normalized spacial score (nSPS) is 19.8. The van der Waals surface area contributed by atoms with Gasteiger partial charge in [-0.2, -0.15) is 0 Å². The van der Waals surface area contributed by atoms with Gasteiger partial charge in [-0.05, 0) is 36.9 Å². The number of anilines is 1. The summed E-state index contributed by atoms with van der Waals surface area (Å²) in [5.74, 6) is -0.482. The number of likely N-dealkylation sites (tertiary alicyclic amines) is 1. The van der Waals surface area contributed by atoms with Gasteiger partial charge in [0, 0.05) is 25.3 Å². The molecule has 4 rings (SSSR count). The van der Waals surface area contributed by atoms with Gasteiger partial charge in [-0.3, -0.25) is 9.69 Å². The van der Waals surface area contributed by atoms with Crippen molar-refractivity contribution in [3.05, 3.63) is 41.5 Å². The summed E-state index contributed by atoms with van der Waals surface area (Å²) < 4.78 is 1.79. The van der Waals surface area contributed by atoms with Gasteiger partial charge in [0.2, 0.25) is 5.82 Å². The van der Waals surface area contributed by atoms with Gasteiger partial charge < -0.3 is 11.1 Å². The second-order valence-electron chi connectivity index (χ2n) is 6.57. The Hall–Kier alpha value is -2.12. The largest absolute Gasteiger partial charge is 0.384 e. The molecule has 1 fully saturated rings. The highest BCUT2D eigenvalue weighted by Gasteiger charge is 2.24. The maximum Gasteiger partial charge on any atom is 0.288 e. The van der Waals surface area contributed by atoms with Crippen molar-refractivity contribution in [1.82, 2.24) is 19.7 Å². The van der Waals surface area contributed by atoms with E-state index in [-0.39, 0.29) is 24.3 Å². The predicted molar refractivity (Wildman–Crippen MR) is 98.0 cm³/mol. The highest BCUT2D eigenvalue weighted by molar-refractivity contribution is 5.88. The Labute approximate surface area is 153 Å². The Balaban J connectivity index is 0.00000182. The Morgan fingerprint density at radius 1 is 1.40 bits per heavy atom. The second kappa shape index (κ2) is 7.41. The lowest BCUT2D eigenvalue weighted by Crippen LogP contribution is -2.36. The van der Waals surface area contributed by atoms with Gasteiger partial charge >= 0.3 is 0 Å². The minimum Gasteiger partial charge on any atom is -0.384 e. The van der Waals surface area contributed by atoms with Crippen LogP contribution in [0.2, 0.25) is 0 Å². The fourth-order valence-corrected chi connectivity index (χ4v) is 3.74. The van der Waals surface area contributed by atoms with Crippen LogP contribution in [-0.2, 0) is 13.0 Å². The van der Waals surface area contributed by atoms with E-state index in [0.717, 1.165) is 45.4 Å². The number of carbonyl (C=O) groups excluding carboxylic acids is 1. The summed E-state index contributed by atoms with van der Waals surface area (Å²) in [7, 11) is 0. The Morgan fingerprint density at radius 2 is 2.28 bits per heavy atom. The van der Waals surface area contributed by atoms with Gasteiger partial charge in [-0.15, -0.1) is 17.5 Å². The van der Waals surface area contributed by atoms with Crippen LogP contribution in [0.4, 0.5) is 5.69 Å². The first-order chi connectivity index (χ1) is 11.7. The maximum atomic E-state index is 11.2. The molecule has 2 aliphatic rings. The molecule has 3 N–H and O–H groups in total. The first-order valence-electron chi connectivity index (χ1n) is 8.48. The summed E-state index contributed by atoms with van der Waals surface area (Å²) >= 11 is 0. The molecule has 0 bridgehead atoms. The number of benzene rings is 1. The standard InChI is InChI=1S/C17H22N6O.ClH/c18-16(24)17-20-11-23(21-17)14-5-2-8-22(10-14)9-13-4-1-3-12-6-7-19-15(12)13;/h1,3-4,11,14,19H,2,5-10H2,(H2,18,24);1H. The van der Waals surface area contributed by atoms with Crippen LogP contribution in [0, 0.1) is 0 Å². The van der Waals surface area contributed by atoms with Crippen LogP contribution in [0.5, 0.6) is 0 Å². The first kappa shape index (κ1) is 17.7. The van der Waals surface area contributed by atoms with E-state index >= 15 is 0 Å². The zero-order valence-corrected chi connectivity index (χ0v) is 14.8. The van der Waals surface area contributed by atoms with Gasteiger partial charge in [0.05, 0.1) is 6.04 Å². The van der Waals surface area contributed by atoms with Crippen LogP contribution in [0.25, 0.3) is 0 Å². The molecule has 8 heteroatoms. The quantitative estimate of drug-likeness (QED) is 0.862. The topological polar surface area (TPSA) is 89.1 Å². The third-order valence-electron chi connectivity index (χ3n) is 4.91. The highest BCUT2D eigenvalue weighted by Crippen LogP contribution is 2.29. The summed E-state index contributed by atoms with van der Waals surface area (Å²) in [4.78, 5) is 17.6. The van der Waals surface area contributed by atoms with Gasteiger partial charge in [0.25, 0.3) is 5.91 Å². The van der Waals surface area contributed by atoms with Crippen LogP contribution < -0.4 is 11.1 Å². The van der Waals surface area contributed by atoms with E-state index in [2.05, 4.69) is 38.5 Å². The van der Waals surface area contributed by atoms with Crippen molar-refractivity contribution >= 4 is 24.0 Å². The number of para-hydroxylation sites is 1. The average molecular weight is 363 g/mol. The highest BCUT2D eigenvalue weighted by atomic mass is 35.5. The average Bonchev–Trinajstić information content (AvgIpc) is 3.25. The number of nitrogens with two attached hydrogens (primary N) is 1. The summed E-state index contributed by atoms with van der Waals surface area (Å²) in [6.45, 7) is 3.96. The van der Waals surface area contributed by atoms with Crippen molar-refractivity contribution in [2.45, 2.75) is 31.8 Å². The summed E-state index contributed by atoms with van der Waals surface area (Å²) in [5, 5.41) is 7.74. The van der Waals surface area contributed by atoms with Crippen LogP contribution in [0.1, 0.15) is 40.6 Å². The molecule has 2 aliphatic heterocycles. The van der Waals surface area contributed by atoms with E-state index < -0.39 is 5.91 Å². The monoisotopic (exact) mass is 362 g/mol. The molecule has 25 heavy (non-hydrogen) atoms. The number of hydrogen-bond acceptors (Lipinski definition) is 5. The number of rotatable bonds is 4. The van der Waals surface area contributed by atoms with Crippen molar-refractivity contribution in [1.29, 1.82) is 0 Å². The van der Waals surface area contributed by atoms with Gasteiger partial charge in [-0.1, -0.05) is 18.2 Å². The van der Waals surface area contributed by atoms with E-state index in [0.29, 0.717) is 0 Å². The Kier molecular flexibility index (Phi) is 5.24. The Bertz CT molecular complexity index is 761. The number of piperidine rings is 1. The maximum absolute atomic E-state index is 11.2. The minimum atomic E-state index is -0.577. The number of halogens is 1. The molecule has 2 aromatic rings. The fraction of sp³-hybridized carbons (Fsp3) is 0.471. The van der Waals surface area contributed by atoms with Crippen LogP contribution in [0.3, 0.4) is 0 Å². The van der Waals surface area contributed by atoms with Gasteiger partial charge in [-0.25, -0.2) is 9.67 Å². The van der Waals surface area contributed by atoms with E-state index in [4.69, 9.17) is 5.73 Å². The lowest BCUT2D eigenvalue weighted by molar-refractivity contribution is 0.0989. The third-order valence-corrected chi connectivity index (χ3v) is 4.91. The molecule has 7 nitrogen and oxygen atoms in total. The molecular weight excluding hydrogens is 340 g/mol. The molecule has 1 amide bonds. The van der Waals surface area contributed by atoms with Crippen LogP contribution in [0.15, 0.2) is 24.5 Å². The fourth-order valence-electron chi connectivity index (χ4n) is 3.74. The number of carbonyl (C=O) groups is 1. The number of fused-ring (bicyclic) bond motifs is 1. The molecule has 1 unspecified atom stereocenters. The number of primary amides is 1. The van der Waals surface area contributed by atoms with Crippen molar-refractivity contribution in [3.8, 4) is 0 Å². The number of amides is 1. The zero-order chi connectivity index (χ0) is 16.5. The molecule has 1 atom stereocenters. The number of hydrogen-bond donors (Lipinski definition) is 2. The van der Waals surface area contributed by atoms with Crippen molar-refractivity contribution in [2.75, 3.05) is 25.0 Å². The lowest BCUT2D eigenvalue weighted by Gasteiger charge is -2.33. The predicted octanol–water partition coefficient (Wildman–Crippen LogP) is 1.60. The first-order valence-corrected chi connectivity index (χ1v) is 8.48. The van der Waals surface area contributed by atoms with Crippen molar-refractivity contribution in [2.24, 2.45) is 5.73 Å². The third kappa shape index (κ3) is 3.62. The van der Waals surface area contributed by atoms with Gasteiger partial charge in [0.1, 0.15) is 6.33 Å². The van der Waals surface area contributed by atoms with Crippen LogP contribution >= 0.6 is 12.4 Å². The van der Waals surface area contributed by atoms with E-state index in [1.165, 1.54) is 16.8 Å². The SMILES string of the molecule is Cl.NC(=O)c1ncn(C2CCCN(Cc3cccc4c3NCC4)C2)n1. The molecule has 1 saturated heterocycles. The van der Waals surface area contributed by atoms with Crippen LogP contribution in [-0.4, -0.2) is 45.2 Å². The molecule has 0 spiro atoms. The molecular formula is C17H23ClN6O. The Morgan fingerprint density at radius 3 is 3.08 bits per heavy atom. The minimum absolute atomic E-state index is 0. The molecule has 134 valence electrons.